The van der Waals surface area contributed by atoms with Gasteiger partial charge in [0.05, 0.1) is 32.0 Å². The molecule has 2 rings (SSSR count). The lowest BCUT2D eigenvalue weighted by Gasteiger charge is -2.46. The topological polar surface area (TPSA) is 228 Å². The summed E-state index contributed by atoms with van der Waals surface area (Å²) >= 11 is 0. The molecule has 9 N–H and O–H groups in total. The molecule has 0 bridgehead atoms. The number of hydrogen-bond acceptors (Lipinski definition) is 13. The van der Waals surface area contributed by atoms with Gasteiger partial charge >= 0.3 is 0 Å². The highest BCUT2D eigenvalue weighted by Crippen LogP contribution is 2.30. The third-order valence-electron chi connectivity index (χ3n) is 11.2. The van der Waals surface area contributed by atoms with E-state index < -0.39 is 86.8 Å². The monoisotopic (exact) mass is 820 g/mol. The maximum absolute atomic E-state index is 13.0. The number of ether oxygens (including phenoxy) is 4. The molecule has 2 saturated heterocycles. The van der Waals surface area contributed by atoms with Crippen molar-refractivity contribution in [3.63, 3.8) is 0 Å². The molecule has 2 aliphatic heterocycles. The summed E-state index contributed by atoms with van der Waals surface area (Å²) in [6.07, 6.45) is 13.2. The number of carbonyl (C=O) groups excluding carboxylic acids is 1. The van der Waals surface area contributed by atoms with Gasteiger partial charge in [-0.15, -0.1) is 0 Å². The molecular weight excluding hydrogens is 738 g/mol. The number of hydrogen-bond donors (Lipinski definition) is 9. The first-order valence-electron chi connectivity index (χ1n) is 22.4. The smallest absolute Gasteiger partial charge is 0.220 e. The SMILES string of the molecule is CCCCC/C=C/C(O)C(COC1OC(CO)C(OC2OC(CO)C(O)C(O)C2O)C(O)C1O)NC(=O)CCCCCCCCCCCCCCCCCCCC. The van der Waals surface area contributed by atoms with Gasteiger partial charge in [0.15, 0.2) is 12.6 Å². The van der Waals surface area contributed by atoms with Crippen LogP contribution in [0.3, 0.4) is 0 Å². The summed E-state index contributed by atoms with van der Waals surface area (Å²) in [5.41, 5.74) is 0. The average molecular weight is 820 g/mol. The molecule has 2 fully saturated rings. The highest BCUT2D eigenvalue weighted by Gasteiger charge is 2.50. The fourth-order valence-electron chi connectivity index (χ4n) is 7.47. The van der Waals surface area contributed by atoms with Crippen molar-refractivity contribution in [3.8, 4) is 0 Å². The van der Waals surface area contributed by atoms with Crippen LogP contribution < -0.4 is 5.32 Å². The lowest BCUT2D eigenvalue weighted by molar-refractivity contribution is -0.359. The van der Waals surface area contributed by atoms with E-state index in [1.807, 2.05) is 6.08 Å². The molecule has 0 aromatic carbocycles. The zero-order valence-corrected chi connectivity index (χ0v) is 35.1. The Morgan fingerprint density at radius 3 is 1.61 bits per heavy atom. The van der Waals surface area contributed by atoms with Gasteiger partial charge in [-0.2, -0.15) is 0 Å². The second kappa shape index (κ2) is 31.6. The Kier molecular flexibility index (Phi) is 28.7. The van der Waals surface area contributed by atoms with Gasteiger partial charge in [-0.3, -0.25) is 4.79 Å². The van der Waals surface area contributed by atoms with Crippen molar-refractivity contribution in [1.29, 1.82) is 0 Å². The van der Waals surface area contributed by atoms with Gasteiger partial charge in [0.25, 0.3) is 0 Å². The second-order valence-corrected chi connectivity index (χ2v) is 16.2. The summed E-state index contributed by atoms with van der Waals surface area (Å²) in [6, 6.07) is -0.904. The van der Waals surface area contributed by atoms with Gasteiger partial charge < -0.3 is 65.1 Å². The van der Waals surface area contributed by atoms with Crippen molar-refractivity contribution >= 4 is 5.91 Å². The summed E-state index contributed by atoms with van der Waals surface area (Å²) in [4.78, 5) is 13.0. The van der Waals surface area contributed by atoms with Gasteiger partial charge in [-0.05, 0) is 19.3 Å². The molecule has 0 spiro atoms. The van der Waals surface area contributed by atoms with Crippen molar-refractivity contribution in [2.45, 2.75) is 235 Å². The summed E-state index contributed by atoms with van der Waals surface area (Å²) in [7, 11) is 0. The number of amides is 1. The summed E-state index contributed by atoms with van der Waals surface area (Å²) in [5, 5.41) is 85.9. The predicted molar refractivity (Wildman–Crippen MR) is 217 cm³/mol. The first-order chi connectivity index (χ1) is 27.6. The standard InChI is InChI=1S/C43H81NO13/c1-3-5-7-9-10-11-12-13-14-15-16-17-18-19-20-21-23-25-27-35(48)44-31(32(47)26-24-22-8-6-4-2)30-54-42-40(53)38(51)41(34(29-46)56-42)57-43-39(52)37(50)36(49)33(28-45)55-43/h24,26,31-34,36-43,45-47,49-53H,3-23,25,27-30H2,1-2H3,(H,44,48)/b26-24+. The van der Waals surface area contributed by atoms with Crippen LogP contribution in [0.4, 0.5) is 0 Å². The Hall–Kier alpha value is -1.27. The molecule has 0 saturated carbocycles. The maximum atomic E-state index is 13.0. The molecule has 2 aliphatic rings. The van der Waals surface area contributed by atoms with Gasteiger partial charge in [-0.25, -0.2) is 0 Å². The van der Waals surface area contributed by atoms with Crippen molar-refractivity contribution < 1.29 is 64.6 Å². The van der Waals surface area contributed by atoms with Crippen LogP contribution in [0, 0.1) is 0 Å². The predicted octanol–water partition coefficient (Wildman–Crippen LogP) is 4.04. The van der Waals surface area contributed by atoms with E-state index in [4.69, 9.17) is 18.9 Å². The minimum atomic E-state index is -1.78. The van der Waals surface area contributed by atoms with E-state index in [0.29, 0.717) is 6.42 Å². The van der Waals surface area contributed by atoms with Gasteiger partial charge in [0.1, 0.15) is 48.8 Å². The number of carbonyl (C=O) groups is 1. The first-order valence-corrected chi connectivity index (χ1v) is 22.4. The Balaban J connectivity index is 1.77. The van der Waals surface area contributed by atoms with E-state index in [2.05, 4.69) is 19.2 Å². The summed E-state index contributed by atoms with van der Waals surface area (Å²) in [6.45, 7) is 2.65. The zero-order valence-electron chi connectivity index (χ0n) is 35.1. The molecular formula is C43H81NO13. The normalized spacial score (nSPS) is 29.2. The molecule has 12 unspecified atom stereocenters. The molecule has 57 heavy (non-hydrogen) atoms. The summed E-state index contributed by atoms with van der Waals surface area (Å²) in [5.74, 6) is -0.245. The van der Waals surface area contributed by atoms with E-state index in [1.165, 1.54) is 89.9 Å². The first kappa shape index (κ1) is 51.9. The number of aliphatic hydroxyl groups excluding tert-OH is 8. The highest BCUT2D eigenvalue weighted by atomic mass is 16.7. The number of aliphatic hydroxyl groups is 8. The average Bonchev–Trinajstić information content (AvgIpc) is 3.21. The van der Waals surface area contributed by atoms with Crippen LogP contribution in [0.5, 0.6) is 0 Å². The van der Waals surface area contributed by atoms with Crippen LogP contribution in [-0.4, -0.2) is 140 Å². The van der Waals surface area contributed by atoms with Crippen LogP contribution >= 0.6 is 0 Å². The van der Waals surface area contributed by atoms with E-state index in [1.54, 1.807) is 6.08 Å². The number of unbranched alkanes of at least 4 members (excludes halogenated alkanes) is 20. The van der Waals surface area contributed by atoms with Crippen molar-refractivity contribution in [2.75, 3.05) is 19.8 Å². The van der Waals surface area contributed by atoms with Gasteiger partial charge in [0, 0.05) is 6.42 Å². The fraction of sp³-hybridized carbons (Fsp3) is 0.930. The van der Waals surface area contributed by atoms with E-state index in [-0.39, 0.29) is 18.9 Å². The Morgan fingerprint density at radius 1 is 0.614 bits per heavy atom. The van der Waals surface area contributed by atoms with Crippen LogP contribution in [0.1, 0.15) is 162 Å². The van der Waals surface area contributed by atoms with Gasteiger partial charge in [-0.1, -0.05) is 148 Å². The fourth-order valence-corrected chi connectivity index (χ4v) is 7.47. The van der Waals surface area contributed by atoms with Crippen LogP contribution in [0.25, 0.3) is 0 Å². The van der Waals surface area contributed by atoms with Crippen LogP contribution in [-0.2, 0) is 23.7 Å². The minimum absolute atomic E-state index is 0.245. The second-order valence-electron chi connectivity index (χ2n) is 16.2. The molecule has 0 aromatic heterocycles. The minimum Gasteiger partial charge on any atom is -0.394 e. The lowest BCUT2D eigenvalue weighted by Crippen LogP contribution is -2.65. The molecule has 1 amide bonds. The van der Waals surface area contributed by atoms with Crippen molar-refractivity contribution in [3.05, 3.63) is 12.2 Å². The third kappa shape index (κ3) is 20.2. The molecule has 14 nitrogen and oxygen atoms in total. The van der Waals surface area contributed by atoms with Gasteiger partial charge in [0.2, 0.25) is 5.91 Å². The maximum Gasteiger partial charge on any atom is 0.220 e. The van der Waals surface area contributed by atoms with Crippen LogP contribution in [0.15, 0.2) is 12.2 Å². The lowest BCUT2D eigenvalue weighted by atomic mass is 9.97. The molecule has 0 aliphatic carbocycles. The largest absolute Gasteiger partial charge is 0.394 e. The van der Waals surface area contributed by atoms with E-state index >= 15 is 0 Å². The summed E-state index contributed by atoms with van der Waals surface area (Å²) < 4.78 is 22.5. The Labute approximate surface area is 342 Å². The Bertz CT molecular complexity index is 1020. The van der Waals surface area contributed by atoms with Crippen molar-refractivity contribution in [1.82, 2.24) is 5.32 Å². The molecule has 2 heterocycles. The molecule has 0 radical (unpaired) electrons. The number of rotatable bonds is 33. The van der Waals surface area contributed by atoms with Crippen molar-refractivity contribution in [2.24, 2.45) is 0 Å². The van der Waals surface area contributed by atoms with E-state index in [9.17, 15) is 45.6 Å². The third-order valence-corrected chi connectivity index (χ3v) is 11.2. The molecule has 336 valence electrons. The molecule has 14 heteroatoms. The zero-order chi connectivity index (χ0) is 41.8. The highest BCUT2D eigenvalue weighted by molar-refractivity contribution is 5.76. The number of nitrogens with one attached hydrogen (secondary N) is 1. The quantitative estimate of drug-likeness (QED) is 0.0337. The number of allylic oxidation sites excluding steroid dienone is 1. The van der Waals surface area contributed by atoms with Crippen LogP contribution in [0.2, 0.25) is 0 Å². The van der Waals surface area contributed by atoms with E-state index in [0.717, 1.165) is 44.9 Å². The Morgan fingerprint density at radius 2 is 1.09 bits per heavy atom. The molecule has 0 aromatic rings. The molecule has 12 atom stereocenters.